The number of ether oxygens (including phenoxy) is 2. The standard InChI is InChI=1S/C28H27ClN4O5S.2ClH/c1-2-37-27(34)19-39(35,36)33(14-4-7-20-6-3-8-21(16-20)28(30)31)23-10-11-26(25(29)18-23)38-24-12-15-32-13-5-9-22(32)17-24;;/h3-13,15-18H,2,14,19H2,1H3,(H3,30,31);2*1H/b7-4+;;. The number of nitrogens with zero attached hydrogens (tertiary/aromatic N) is 2. The van der Waals surface area contributed by atoms with Gasteiger partial charge in [0.05, 0.1) is 23.9 Å². The Hall–Kier alpha value is -3.70. The van der Waals surface area contributed by atoms with Gasteiger partial charge in [-0.2, -0.15) is 0 Å². The molecular weight excluding hydrogens is 611 g/mol. The number of nitrogen functional groups attached to an aromatic ring is 1. The molecule has 218 valence electrons. The number of anilines is 1. The Bertz CT molecular complexity index is 1660. The van der Waals surface area contributed by atoms with E-state index in [4.69, 9.17) is 32.2 Å². The van der Waals surface area contributed by atoms with Crippen LogP contribution in [0.2, 0.25) is 5.02 Å². The second kappa shape index (κ2) is 14.8. The van der Waals surface area contributed by atoms with Crippen molar-refractivity contribution in [1.29, 1.82) is 5.41 Å². The minimum atomic E-state index is -4.13. The topological polar surface area (TPSA) is 127 Å². The second-order valence-electron chi connectivity index (χ2n) is 8.45. The lowest BCUT2D eigenvalue weighted by Gasteiger charge is -2.23. The Morgan fingerprint density at radius 2 is 1.85 bits per heavy atom. The monoisotopic (exact) mass is 638 g/mol. The van der Waals surface area contributed by atoms with Crippen molar-refractivity contribution in [3.63, 3.8) is 0 Å². The van der Waals surface area contributed by atoms with Gasteiger partial charge < -0.3 is 19.6 Å². The number of carbonyl (C=O) groups is 1. The average molecular weight is 640 g/mol. The highest BCUT2D eigenvalue weighted by atomic mass is 35.5. The minimum Gasteiger partial charge on any atom is -0.465 e. The maximum absolute atomic E-state index is 13.3. The average Bonchev–Trinajstić information content (AvgIpc) is 3.36. The van der Waals surface area contributed by atoms with E-state index in [1.54, 1.807) is 61.5 Å². The van der Waals surface area contributed by atoms with Crippen molar-refractivity contribution in [3.05, 3.63) is 101 Å². The van der Waals surface area contributed by atoms with Crippen LogP contribution in [0.1, 0.15) is 18.1 Å². The molecule has 0 saturated carbocycles. The molecule has 0 fully saturated rings. The van der Waals surface area contributed by atoms with E-state index in [1.165, 1.54) is 6.07 Å². The summed E-state index contributed by atoms with van der Waals surface area (Å²) in [5.74, 6) is -0.849. The fourth-order valence-electron chi connectivity index (χ4n) is 3.83. The quantitative estimate of drug-likeness (QED) is 0.119. The van der Waals surface area contributed by atoms with Gasteiger partial charge in [0.15, 0.2) is 5.75 Å². The summed E-state index contributed by atoms with van der Waals surface area (Å²) in [6, 6.07) is 19.1. The van der Waals surface area contributed by atoms with Gasteiger partial charge in [-0.25, -0.2) is 8.42 Å². The van der Waals surface area contributed by atoms with Gasteiger partial charge in [0.2, 0.25) is 10.0 Å². The van der Waals surface area contributed by atoms with Crippen molar-refractivity contribution in [3.8, 4) is 11.5 Å². The number of carbonyl (C=O) groups excluding carboxylic acids is 1. The molecule has 0 aliphatic rings. The Balaban J connectivity index is 0.00000294. The van der Waals surface area contributed by atoms with Gasteiger partial charge in [-0.1, -0.05) is 42.0 Å². The summed E-state index contributed by atoms with van der Waals surface area (Å²) >= 11 is 6.51. The SMILES string of the molecule is CCOC(=O)CS(=O)(=O)N(C/C=C/c1cccc(C(=N)N)c1)c1ccc(Oc2ccn3cccc3c2)c(Cl)c1.Cl.Cl. The Morgan fingerprint density at radius 1 is 1.07 bits per heavy atom. The van der Waals surface area contributed by atoms with Crippen LogP contribution in [-0.2, 0) is 19.6 Å². The molecule has 0 radical (unpaired) electrons. The highest BCUT2D eigenvalue weighted by Crippen LogP contribution is 2.34. The van der Waals surface area contributed by atoms with Crippen LogP contribution in [0, 0.1) is 5.41 Å². The van der Waals surface area contributed by atoms with Crippen molar-refractivity contribution in [2.24, 2.45) is 5.73 Å². The van der Waals surface area contributed by atoms with E-state index >= 15 is 0 Å². The molecule has 13 heteroatoms. The maximum atomic E-state index is 13.3. The zero-order chi connectivity index (χ0) is 28.0. The van der Waals surface area contributed by atoms with Crippen LogP contribution in [0.25, 0.3) is 11.6 Å². The van der Waals surface area contributed by atoms with Crippen LogP contribution >= 0.6 is 36.4 Å². The van der Waals surface area contributed by atoms with Crippen LogP contribution in [0.3, 0.4) is 0 Å². The molecule has 9 nitrogen and oxygen atoms in total. The van der Waals surface area contributed by atoms with Crippen molar-refractivity contribution in [1.82, 2.24) is 4.40 Å². The molecule has 2 aromatic heterocycles. The van der Waals surface area contributed by atoms with Crippen LogP contribution in [0.15, 0.2) is 85.2 Å². The van der Waals surface area contributed by atoms with Gasteiger partial charge in [-0.15, -0.1) is 24.8 Å². The summed E-state index contributed by atoms with van der Waals surface area (Å²) in [4.78, 5) is 12.1. The summed E-state index contributed by atoms with van der Waals surface area (Å²) < 4.78 is 40.3. The number of halogens is 3. The molecule has 0 spiro atoms. The normalized spacial score (nSPS) is 11.0. The predicted molar refractivity (Wildman–Crippen MR) is 168 cm³/mol. The number of aromatic nitrogens is 1. The molecule has 2 heterocycles. The fraction of sp³-hybridized carbons (Fsp3) is 0.143. The largest absolute Gasteiger partial charge is 0.465 e. The van der Waals surface area contributed by atoms with Crippen LogP contribution in [0.5, 0.6) is 11.5 Å². The van der Waals surface area contributed by atoms with Gasteiger partial charge >= 0.3 is 5.97 Å². The molecule has 0 amide bonds. The molecule has 4 rings (SSSR count). The fourth-order valence-corrected chi connectivity index (χ4v) is 5.33. The summed E-state index contributed by atoms with van der Waals surface area (Å²) in [5, 5.41) is 7.80. The Morgan fingerprint density at radius 3 is 2.56 bits per heavy atom. The molecular formula is C28H29Cl3N4O5S. The summed E-state index contributed by atoms with van der Waals surface area (Å²) in [6.07, 6.45) is 7.11. The van der Waals surface area contributed by atoms with E-state index in [0.717, 1.165) is 15.4 Å². The molecule has 41 heavy (non-hydrogen) atoms. The van der Waals surface area contributed by atoms with E-state index in [1.807, 2.05) is 35.0 Å². The third-order valence-electron chi connectivity index (χ3n) is 5.65. The maximum Gasteiger partial charge on any atom is 0.323 e. The molecule has 0 aliphatic heterocycles. The summed E-state index contributed by atoms with van der Waals surface area (Å²) in [6.45, 7) is 1.58. The van der Waals surface area contributed by atoms with Crippen molar-refractivity contribution >= 4 is 75.5 Å². The number of esters is 1. The molecule has 0 bridgehead atoms. The van der Waals surface area contributed by atoms with Crippen LogP contribution in [-0.4, -0.2) is 43.5 Å². The van der Waals surface area contributed by atoms with Crippen molar-refractivity contribution in [2.75, 3.05) is 23.2 Å². The number of nitrogens with one attached hydrogen (secondary N) is 1. The van der Waals surface area contributed by atoms with E-state index in [0.29, 0.717) is 17.1 Å². The van der Waals surface area contributed by atoms with Crippen molar-refractivity contribution in [2.45, 2.75) is 6.92 Å². The third kappa shape index (κ3) is 8.64. The van der Waals surface area contributed by atoms with Gasteiger partial charge in [-0.05, 0) is 55.0 Å². The van der Waals surface area contributed by atoms with E-state index < -0.39 is 21.7 Å². The highest BCUT2D eigenvalue weighted by molar-refractivity contribution is 7.93. The highest BCUT2D eigenvalue weighted by Gasteiger charge is 2.26. The Kier molecular flexibility index (Phi) is 12.1. The van der Waals surface area contributed by atoms with E-state index in [-0.39, 0.29) is 54.5 Å². The predicted octanol–water partition coefficient (Wildman–Crippen LogP) is 5.93. The Labute approximate surface area is 255 Å². The zero-order valence-electron chi connectivity index (χ0n) is 21.9. The number of rotatable bonds is 11. The second-order valence-corrected chi connectivity index (χ2v) is 10.8. The lowest BCUT2D eigenvalue weighted by Crippen LogP contribution is -2.36. The summed E-state index contributed by atoms with van der Waals surface area (Å²) in [5.41, 5.74) is 8.03. The molecule has 0 aliphatic carbocycles. The molecule has 2 aromatic carbocycles. The summed E-state index contributed by atoms with van der Waals surface area (Å²) in [7, 11) is -4.13. The number of sulfonamides is 1. The molecule has 0 unspecified atom stereocenters. The molecule has 3 N–H and O–H groups in total. The third-order valence-corrected chi connectivity index (χ3v) is 7.58. The van der Waals surface area contributed by atoms with Crippen LogP contribution < -0.4 is 14.8 Å². The number of benzene rings is 2. The number of pyridine rings is 1. The van der Waals surface area contributed by atoms with Crippen LogP contribution in [0.4, 0.5) is 5.69 Å². The minimum absolute atomic E-state index is 0. The first-order valence-electron chi connectivity index (χ1n) is 12.0. The number of nitrogens with two attached hydrogens (primary N) is 1. The number of amidine groups is 1. The number of hydrogen-bond donors (Lipinski definition) is 2. The van der Waals surface area contributed by atoms with E-state index in [2.05, 4.69) is 0 Å². The van der Waals surface area contributed by atoms with Gasteiger partial charge in [-0.3, -0.25) is 14.5 Å². The number of fused-ring (bicyclic) bond motifs is 1. The zero-order valence-corrected chi connectivity index (χ0v) is 25.1. The van der Waals surface area contributed by atoms with Gasteiger partial charge in [0.1, 0.15) is 17.3 Å². The number of hydrogen-bond acceptors (Lipinski definition) is 6. The lowest BCUT2D eigenvalue weighted by atomic mass is 10.1. The molecule has 4 aromatic rings. The first-order valence-corrected chi connectivity index (χ1v) is 14.0. The first kappa shape index (κ1) is 33.5. The lowest BCUT2D eigenvalue weighted by molar-refractivity contribution is -0.139. The smallest absolute Gasteiger partial charge is 0.323 e. The molecule has 0 atom stereocenters. The van der Waals surface area contributed by atoms with Crippen molar-refractivity contribution < 1.29 is 22.7 Å². The van der Waals surface area contributed by atoms with Gasteiger partial charge in [0.25, 0.3) is 0 Å². The van der Waals surface area contributed by atoms with Gasteiger partial charge in [0, 0.05) is 29.5 Å². The molecule has 0 saturated heterocycles. The van der Waals surface area contributed by atoms with E-state index in [9.17, 15) is 13.2 Å². The first-order chi connectivity index (χ1) is 18.7.